The number of anilines is 1. The Kier molecular flexibility index (Phi) is 4.37. The molecule has 1 heterocycles. The van der Waals surface area contributed by atoms with Gasteiger partial charge in [-0.15, -0.1) is 0 Å². The molecule has 0 spiro atoms. The Bertz CT molecular complexity index is 542. The average molecular weight is 301 g/mol. The smallest absolute Gasteiger partial charge is 0.244 e. The van der Waals surface area contributed by atoms with Crippen molar-refractivity contribution in [3.8, 4) is 0 Å². The van der Waals surface area contributed by atoms with Crippen LogP contribution in [0.1, 0.15) is 19.8 Å². The molecule has 106 valence electrons. The predicted molar refractivity (Wildman–Crippen MR) is 79.1 cm³/mol. The minimum atomic E-state index is -3.50. The van der Waals surface area contributed by atoms with Crippen LogP contribution in [0.4, 0.5) is 5.82 Å². The van der Waals surface area contributed by atoms with Gasteiger partial charge in [-0.2, -0.15) is 11.8 Å². The highest BCUT2D eigenvalue weighted by Gasteiger charge is 2.42. The predicted octanol–water partition coefficient (Wildman–Crippen LogP) is 1.69. The number of pyridine rings is 1. The third-order valence-electron chi connectivity index (χ3n) is 3.23. The maximum Gasteiger partial charge on any atom is 0.244 e. The van der Waals surface area contributed by atoms with Crippen molar-refractivity contribution in [3.05, 3.63) is 18.3 Å². The molecule has 0 radical (unpaired) electrons. The van der Waals surface area contributed by atoms with Crippen molar-refractivity contribution in [1.82, 2.24) is 9.71 Å². The van der Waals surface area contributed by atoms with Crippen molar-refractivity contribution >= 4 is 27.6 Å². The zero-order valence-electron chi connectivity index (χ0n) is 11.1. The summed E-state index contributed by atoms with van der Waals surface area (Å²) in [7, 11) is -3.50. The fourth-order valence-electron chi connectivity index (χ4n) is 1.80. The molecule has 2 N–H and O–H groups in total. The van der Waals surface area contributed by atoms with Gasteiger partial charge in [-0.25, -0.2) is 18.1 Å². The van der Waals surface area contributed by atoms with Gasteiger partial charge in [0.1, 0.15) is 10.7 Å². The Morgan fingerprint density at radius 3 is 2.79 bits per heavy atom. The first-order chi connectivity index (χ1) is 9.03. The number of aromatic nitrogens is 1. The van der Waals surface area contributed by atoms with E-state index in [2.05, 4.69) is 15.0 Å². The molecule has 0 atom stereocenters. The maximum atomic E-state index is 12.3. The van der Waals surface area contributed by atoms with Crippen molar-refractivity contribution in [2.45, 2.75) is 29.4 Å². The van der Waals surface area contributed by atoms with Crippen LogP contribution in [0.25, 0.3) is 0 Å². The van der Waals surface area contributed by atoms with Gasteiger partial charge < -0.3 is 5.32 Å². The van der Waals surface area contributed by atoms with E-state index < -0.39 is 10.0 Å². The second-order valence-corrected chi connectivity index (χ2v) is 7.60. The largest absolute Gasteiger partial charge is 0.369 e. The van der Waals surface area contributed by atoms with Crippen LogP contribution < -0.4 is 10.0 Å². The van der Waals surface area contributed by atoms with E-state index in [1.54, 1.807) is 30.1 Å². The highest BCUT2D eigenvalue weighted by molar-refractivity contribution is 8.00. The van der Waals surface area contributed by atoms with E-state index in [0.29, 0.717) is 18.9 Å². The highest BCUT2D eigenvalue weighted by Crippen LogP contribution is 2.46. The summed E-state index contributed by atoms with van der Waals surface area (Å²) in [6.07, 6.45) is 5.75. The van der Waals surface area contributed by atoms with Crippen molar-refractivity contribution < 1.29 is 8.42 Å². The Hall–Kier alpha value is -0.790. The van der Waals surface area contributed by atoms with Crippen LogP contribution in [-0.4, -0.2) is 37.5 Å². The van der Waals surface area contributed by atoms with Crippen LogP contribution in [0, 0.1) is 0 Å². The molecule has 1 aromatic rings. The third kappa shape index (κ3) is 3.40. The van der Waals surface area contributed by atoms with E-state index in [0.717, 1.165) is 12.8 Å². The molecular formula is C12H19N3O2S2. The number of sulfonamides is 1. The number of hydrogen-bond acceptors (Lipinski definition) is 5. The molecule has 7 heteroatoms. The molecule has 0 aliphatic heterocycles. The lowest BCUT2D eigenvalue weighted by atomic mass is 10.4. The normalized spacial score (nSPS) is 17.2. The first-order valence-electron chi connectivity index (χ1n) is 6.27. The molecular weight excluding hydrogens is 282 g/mol. The minimum Gasteiger partial charge on any atom is -0.369 e. The molecule has 0 unspecified atom stereocenters. The number of hydrogen-bond donors (Lipinski definition) is 2. The van der Waals surface area contributed by atoms with Crippen molar-refractivity contribution in [2.75, 3.05) is 24.7 Å². The summed E-state index contributed by atoms with van der Waals surface area (Å²) in [6, 6.07) is 3.21. The molecule has 1 aliphatic carbocycles. The molecule has 1 aromatic heterocycles. The second-order valence-electron chi connectivity index (χ2n) is 4.59. The van der Waals surface area contributed by atoms with Crippen LogP contribution in [0.15, 0.2) is 23.2 Å². The second kappa shape index (κ2) is 5.68. The van der Waals surface area contributed by atoms with Gasteiger partial charge in [0.05, 0.1) is 0 Å². The number of rotatable bonds is 7. The van der Waals surface area contributed by atoms with Crippen LogP contribution in [0.5, 0.6) is 0 Å². The Morgan fingerprint density at radius 1 is 1.47 bits per heavy atom. The minimum absolute atomic E-state index is 0.105. The van der Waals surface area contributed by atoms with Gasteiger partial charge in [0.2, 0.25) is 10.0 Å². The van der Waals surface area contributed by atoms with Crippen LogP contribution in [0.2, 0.25) is 0 Å². The van der Waals surface area contributed by atoms with E-state index in [1.807, 2.05) is 13.2 Å². The van der Waals surface area contributed by atoms with Crippen LogP contribution in [0.3, 0.4) is 0 Å². The van der Waals surface area contributed by atoms with Crippen molar-refractivity contribution in [3.63, 3.8) is 0 Å². The quantitative estimate of drug-likeness (QED) is 0.802. The van der Waals surface area contributed by atoms with Gasteiger partial charge in [-0.3, -0.25) is 0 Å². The standard InChI is InChI=1S/C12H19N3O2S2/c1-3-13-11-10(5-4-8-14-11)19(16,17)15-9-12(18-2)6-7-12/h4-5,8,15H,3,6-7,9H2,1-2H3,(H,13,14). The Balaban J connectivity index is 2.15. The highest BCUT2D eigenvalue weighted by atomic mass is 32.2. The fourth-order valence-corrected chi connectivity index (χ4v) is 3.88. The fraction of sp³-hybridized carbons (Fsp3) is 0.583. The molecule has 1 fully saturated rings. The van der Waals surface area contributed by atoms with Gasteiger partial charge in [0.15, 0.2) is 0 Å². The average Bonchev–Trinajstić information content (AvgIpc) is 3.18. The molecule has 0 saturated heterocycles. The number of thioether (sulfide) groups is 1. The van der Waals surface area contributed by atoms with Gasteiger partial charge in [0.25, 0.3) is 0 Å². The number of nitrogens with zero attached hydrogens (tertiary/aromatic N) is 1. The maximum absolute atomic E-state index is 12.3. The van der Waals surface area contributed by atoms with Crippen molar-refractivity contribution in [1.29, 1.82) is 0 Å². The molecule has 19 heavy (non-hydrogen) atoms. The Labute approximate surface area is 118 Å². The molecule has 0 bridgehead atoms. The van der Waals surface area contributed by atoms with E-state index in [4.69, 9.17) is 0 Å². The summed E-state index contributed by atoms with van der Waals surface area (Å²) < 4.78 is 27.4. The molecule has 2 rings (SSSR count). The van der Waals surface area contributed by atoms with E-state index in [9.17, 15) is 8.42 Å². The zero-order valence-corrected chi connectivity index (χ0v) is 12.8. The van der Waals surface area contributed by atoms with Crippen molar-refractivity contribution in [2.24, 2.45) is 0 Å². The first-order valence-corrected chi connectivity index (χ1v) is 8.97. The van der Waals surface area contributed by atoms with Crippen LogP contribution in [-0.2, 0) is 10.0 Å². The topological polar surface area (TPSA) is 71.1 Å². The lowest BCUT2D eigenvalue weighted by Crippen LogP contribution is -2.32. The van der Waals surface area contributed by atoms with Gasteiger partial charge in [-0.05, 0) is 38.2 Å². The van der Waals surface area contributed by atoms with E-state index in [-0.39, 0.29) is 9.64 Å². The zero-order chi connectivity index (χ0) is 13.9. The molecule has 1 aliphatic rings. The molecule has 0 aromatic carbocycles. The van der Waals surface area contributed by atoms with Crippen LogP contribution >= 0.6 is 11.8 Å². The molecule has 1 saturated carbocycles. The number of nitrogens with one attached hydrogen (secondary N) is 2. The summed E-state index contributed by atoms with van der Waals surface area (Å²) >= 11 is 1.73. The van der Waals surface area contributed by atoms with E-state index in [1.165, 1.54) is 0 Å². The van der Waals surface area contributed by atoms with Gasteiger partial charge >= 0.3 is 0 Å². The SMILES string of the molecule is CCNc1ncccc1S(=O)(=O)NCC1(SC)CC1. The Morgan fingerprint density at radius 2 is 2.21 bits per heavy atom. The lowest BCUT2D eigenvalue weighted by molar-refractivity contribution is 0.579. The van der Waals surface area contributed by atoms with Gasteiger partial charge in [0, 0.05) is 24.0 Å². The molecule has 5 nitrogen and oxygen atoms in total. The van der Waals surface area contributed by atoms with E-state index >= 15 is 0 Å². The van der Waals surface area contributed by atoms with Gasteiger partial charge in [-0.1, -0.05) is 0 Å². The monoisotopic (exact) mass is 301 g/mol. The lowest BCUT2D eigenvalue weighted by Gasteiger charge is -2.15. The molecule has 0 amide bonds. The first kappa shape index (κ1) is 14.6. The summed E-state index contributed by atoms with van der Waals surface area (Å²) in [4.78, 5) is 4.30. The summed E-state index contributed by atoms with van der Waals surface area (Å²) in [5, 5.41) is 2.97. The summed E-state index contributed by atoms with van der Waals surface area (Å²) in [6.45, 7) is 3.02. The summed E-state index contributed by atoms with van der Waals surface area (Å²) in [5.41, 5.74) is 0. The third-order valence-corrected chi connectivity index (χ3v) is 6.08. The summed E-state index contributed by atoms with van der Waals surface area (Å²) in [5.74, 6) is 0.409.